The molecule has 74 valence electrons. The molecule has 0 amide bonds. The van der Waals surface area contributed by atoms with Crippen molar-refractivity contribution in [1.82, 2.24) is 4.90 Å². The minimum atomic E-state index is 0.576. The van der Waals surface area contributed by atoms with Crippen molar-refractivity contribution in [3.63, 3.8) is 0 Å². The van der Waals surface area contributed by atoms with Crippen molar-refractivity contribution in [3.8, 4) is 0 Å². The van der Waals surface area contributed by atoms with Crippen molar-refractivity contribution in [2.24, 2.45) is 20.0 Å². The highest BCUT2D eigenvalue weighted by Gasteiger charge is 2.31. The monoisotopic (exact) mass is 327 g/mol. The van der Waals surface area contributed by atoms with E-state index in [2.05, 4.69) is 51.8 Å². The van der Waals surface area contributed by atoms with Crippen LogP contribution in [0, 0.1) is 0 Å². The maximum atomic E-state index is 4.18. The molecule has 0 saturated heterocycles. The van der Waals surface area contributed by atoms with E-state index >= 15 is 0 Å². The molecule has 7 heteroatoms. The predicted octanol–water partition coefficient (Wildman–Crippen LogP) is 1.98. The number of hydrogen-bond donors (Lipinski definition) is 0. The van der Waals surface area contributed by atoms with Crippen molar-refractivity contribution in [2.75, 3.05) is 0 Å². The van der Waals surface area contributed by atoms with Gasteiger partial charge in [0.2, 0.25) is 5.96 Å². The van der Waals surface area contributed by atoms with Gasteiger partial charge in [0, 0.05) is 0 Å². The van der Waals surface area contributed by atoms with Crippen LogP contribution in [0.4, 0.5) is 0 Å². The van der Waals surface area contributed by atoms with Crippen molar-refractivity contribution in [1.29, 1.82) is 0 Å². The van der Waals surface area contributed by atoms with Gasteiger partial charge in [0.05, 0.1) is 8.96 Å². The predicted molar refractivity (Wildman–Crippen MR) is 66.7 cm³/mol. The van der Waals surface area contributed by atoms with E-state index in [-0.39, 0.29) is 0 Å². The van der Waals surface area contributed by atoms with Crippen LogP contribution in [0.2, 0.25) is 0 Å². The topological polar surface area (TPSA) is 52.7 Å². The zero-order valence-corrected chi connectivity index (χ0v) is 10.4. The van der Waals surface area contributed by atoms with Gasteiger partial charge in [-0.15, -0.1) is 0 Å². The van der Waals surface area contributed by atoms with E-state index in [1.54, 1.807) is 4.90 Å². The normalized spacial score (nSPS) is 22.3. The Morgan fingerprint density at radius 1 is 1.07 bits per heavy atom. The lowest BCUT2D eigenvalue weighted by molar-refractivity contribution is 0.712. The summed E-state index contributed by atoms with van der Waals surface area (Å²) in [7, 11) is 0. The van der Waals surface area contributed by atoms with Gasteiger partial charge >= 0.3 is 0 Å². The molecule has 0 aromatic rings. The Morgan fingerprint density at radius 2 is 1.87 bits per heavy atom. The minimum Gasteiger partial charge on any atom is -0.244 e. The molecule has 3 aliphatic heterocycles. The smallest absolute Gasteiger partial charge is 0.240 e. The molecule has 15 heavy (non-hydrogen) atoms. The minimum absolute atomic E-state index is 0.576. The molecule has 0 radical (unpaired) electrons. The number of guanidine groups is 1. The lowest BCUT2D eigenvalue weighted by Gasteiger charge is -2.31. The Balaban J connectivity index is 2.28. The molecule has 5 nitrogen and oxygen atoms in total. The third kappa shape index (κ3) is 1.26. The van der Waals surface area contributed by atoms with Gasteiger partial charge in [0.1, 0.15) is 12.7 Å². The fraction of sp³-hybridized carbons (Fsp3) is 0. The third-order valence-corrected chi connectivity index (χ3v) is 3.18. The molecule has 0 aromatic heterocycles. The van der Waals surface area contributed by atoms with Gasteiger partial charge in [-0.25, -0.2) is 24.9 Å². The zero-order valence-electron chi connectivity index (χ0n) is 7.22. The molecular weight excluding hydrogens is 326 g/mol. The Morgan fingerprint density at radius 3 is 2.73 bits per heavy atom. The summed E-state index contributed by atoms with van der Waals surface area (Å²) < 4.78 is 1.74. The molecule has 3 aliphatic rings. The average Bonchev–Trinajstić information content (AvgIpc) is 2.25. The fourth-order valence-electron chi connectivity index (χ4n) is 1.40. The van der Waals surface area contributed by atoms with E-state index in [1.807, 2.05) is 6.08 Å². The maximum Gasteiger partial charge on any atom is 0.240 e. The Kier molecular flexibility index (Phi) is 1.96. The number of halogens is 2. The van der Waals surface area contributed by atoms with Gasteiger partial charge < -0.3 is 0 Å². The van der Waals surface area contributed by atoms with Crippen LogP contribution in [0.3, 0.4) is 0 Å². The Bertz CT molecular complexity index is 523. The van der Waals surface area contributed by atoms with Gasteiger partial charge in [-0.05, 0) is 37.9 Å². The quantitative estimate of drug-likeness (QED) is 0.671. The van der Waals surface area contributed by atoms with Crippen LogP contribution < -0.4 is 0 Å². The highest BCUT2D eigenvalue weighted by Crippen LogP contribution is 2.32. The number of allylic oxidation sites excluding steroid dienone is 2. The molecule has 0 spiro atoms. The van der Waals surface area contributed by atoms with Gasteiger partial charge in [-0.2, -0.15) is 0 Å². The maximum absolute atomic E-state index is 4.18. The molecule has 0 aromatic carbocycles. The molecular formula is C8H3Br2N5. The number of nitrogens with zero attached hydrogens (tertiary/aromatic N) is 5. The average molecular weight is 329 g/mol. The first-order valence-corrected chi connectivity index (χ1v) is 5.64. The molecule has 0 bridgehead atoms. The largest absolute Gasteiger partial charge is 0.244 e. The first-order chi connectivity index (χ1) is 7.27. The lowest BCUT2D eigenvalue weighted by Crippen LogP contribution is -2.40. The van der Waals surface area contributed by atoms with E-state index < -0.39 is 0 Å². The molecule has 3 rings (SSSR count). The third-order valence-electron chi connectivity index (χ3n) is 2.01. The molecule has 0 atom stereocenters. The second kappa shape index (κ2) is 3.21. The standard InChI is InChI=1S/C8H3Br2N5/c9-4-1-5(10)7-12-3-14-8-13-2-11-6(4)15(7)8/h1-3H. The van der Waals surface area contributed by atoms with Crippen LogP contribution >= 0.6 is 31.9 Å². The lowest BCUT2D eigenvalue weighted by atomic mass is 10.3. The second-order valence-corrected chi connectivity index (χ2v) is 4.58. The van der Waals surface area contributed by atoms with Gasteiger partial charge in [0.15, 0.2) is 11.7 Å². The molecule has 0 saturated carbocycles. The van der Waals surface area contributed by atoms with Crippen LogP contribution in [-0.4, -0.2) is 29.4 Å². The zero-order chi connectivity index (χ0) is 10.4. The van der Waals surface area contributed by atoms with Crippen molar-refractivity contribution in [2.45, 2.75) is 0 Å². The summed E-state index contributed by atoms with van der Waals surface area (Å²) in [4.78, 5) is 18.3. The highest BCUT2D eigenvalue weighted by molar-refractivity contribution is 9.12. The van der Waals surface area contributed by atoms with Crippen LogP contribution in [0.25, 0.3) is 0 Å². The SMILES string of the molecule is BrC1=CC(Br)=C2N=CN=C3N=CN=C1N32. The Hall–Kier alpha value is -1.08. The van der Waals surface area contributed by atoms with E-state index in [0.717, 1.165) is 20.6 Å². The highest BCUT2D eigenvalue weighted by atomic mass is 79.9. The van der Waals surface area contributed by atoms with Crippen LogP contribution in [-0.2, 0) is 0 Å². The van der Waals surface area contributed by atoms with Crippen molar-refractivity contribution >= 4 is 56.3 Å². The van der Waals surface area contributed by atoms with Gasteiger partial charge in [-0.3, -0.25) is 0 Å². The van der Waals surface area contributed by atoms with Crippen LogP contribution in [0.1, 0.15) is 0 Å². The molecule has 0 unspecified atom stereocenters. The molecule has 3 heterocycles. The van der Waals surface area contributed by atoms with E-state index in [9.17, 15) is 0 Å². The fourth-order valence-corrected chi connectivity index (χ4v) is 2.73. The molecule has 0 aliphatic carbocycles. The summed E-state index contributed by atoms with van der Waals surface area (Å²) in [6.45, 7) is 0. The van der Waals surface area contributed by atoms with E-state index in [0.29, 0.717) is 5.96 Å². The number of amidine groups is 1. The number of aliphatic imine (C=N–C) groups is 4. The van der Waals surface area contributed by atoms with Crippen LogP contribution in [0.15, 0.2) is 40.8 Å². The number of rotatable bonds is 0. The second-order valence-electron chi connectivity index (χ2n) is 2.87. The van der Waals surface area contributed by atoms with Crippen LogP contribution in [0.5, 0.6) is 0 Å². The first kappa shape index (κ1) is 9.17. The molecule has 0 fully saturated rings. The summed E-state index contributed by atoms with van der Waals surface area (Å²) in [6, 6.07) is 0. The number of hydrogen-bond acceptors (Lipinski definition) is 5. The van der Waals surface area contributed by atoms with Gasteiger partial charge in [-0.1, -0.05) is 0 Å². The summed E-state index contributed by atoms with van der Waals surface area (Å²) in [5.74, 6) is 2.07. The van der Waals surface area contributed by atoms with E-state index in [4.69, 9.17) is 0 Å². The first-order valence-electron chi connectivity index (χ1n) is 4.05. The van der Waals surface area contributed by atoms with Gasteiger partial charge in [0.25, 0.3) is 0 Å². The summed E-state index contributed by atoms with van der Waals surface area (Å²) >= 11 is 6.87. The summed E-state index contributed by atoms with van der Waals surface area (Å²) in [6.07, 6.45) is 4.87. The summed E-state index contributed by atoms with van der Waals surface area (Å²) in [5.41, 5.74) is 0. The van der Waals surface area contributed by atoms with Crippen molar-refractivity contribution < 1.29 is 0 Å². The molecule has 0 N–H and O–H groups in total. The Labute approximate surface area is 102 Å². The van der Waals surface area contributed by atoms with Crippen molar-refractivity contribution in [3.05, 3.63) is 20.9 Å². The van der Waals surface area contributed by atoms with E-state index in [1.165, 1.54) is 12.7 Å². The summed E-state index contributed by atoms with van der Waals surface area (Å²) in [5, 5.41) is 0.